The van der Waals surface area contributed by atoms with Crippen molar-refractivity contribution in [1.29, 1.82) is 0 Å². The Morgan fingerprint density at radius 1 is 1.17 bits per heavy atom. The molecule has 24 heavy (non-hydrogen) atoms. The van der Waals surface area contributed by atoms with Gasteiger partial charge in [0.1, 0.15) is 5.69 Å². The lowest BCUT2D eigenvalue weighted by Crippen LogP contribution is -3.00. The first-order valence-electron chi connectivity index (χ1n) is 7.58. The fraction of sp³-hybridized carbons (Fsp3) is 0.312. The summed E-state index contributed by atoms with van der Waals surface area (Å²) in [6.07, 6.45) is 3.85. The zero-order valence-corrected chi connectivity index (χ0v) is 13.9. The van der Waals surface area contributed by atoms with Crippen molar-refractivity contribution in [3.05, 3.63) is 51.4 Å². The standard InChI is InChI=1S/C16H22N4O4/c1-10(2)13-6-4-11(3)8-15(13)18-17-14-7-5-12(19(21)22)9-16(14)20(23)24/h5,7-9,17,19-21,23H,4,6H2,1-3H3. The summed E-state index contributed by atoms with van der Waals surface area (Å²) < 4.78 is 0. The molecule has 1 aliphatic carbocycles. The second-order valence-electron chi connectivity index (χ2n) is 5.95. The topological polar surface area (TPSA) is 120 Å². The quantitative estimate of drug-likeness (QED) is 0.532. The van der Waals surface area contributed by atoms with Gasteiger partial charge in [-0.25, -0.2) is 10.4 Å². The lowest BCUT2D eigenvalue weighted by Gasteiger charge is -2.19. The second-order valence-corrected chi connectivity index (χ2v) is 5.95. The van der Waals surface area contributed by atoms with Crippen LogP contribution in [0.25, 0.3) is 0 Å². The molecule has 0 heterocycles. The van der Waals surface area contributed by atoms with E-state index in [4.69, 9.17) is 5.21 Å². The van der Waals surface area contributed by atoms with Crippen LogP contribution in [0.4, 0.5) is 17.1 Å². The summed E-state index contributed by atoms with van der Waals surface area (Å²) in [5, 5.41) is 42.6. The third kappa shape index (κ3) is 4.26. The van der Waals surface area contributed by atoms with Crippen LogP contribution in [0.2, 0.25) is 0 Å². The zero-order valence-electron chi connectivity index (χ0n) is 13.9. The summed E-state index contributed by atoms with van der Waals surface area (Å²) >= 11 is 0. The van der Waals surface area contributed by atoms with Gasteiger partial charge in [0.25, 0.3) is 0 Å². The largest absolute Gasteiger partial charge is 0.595 e. The maximum atomic E-state index is 11.4. The summed E-state index contributed by atoms with van der Waals surface area (Å²) in [7, 11) is 0. The molecule has 130 valence electrons. The summed E-state index contributed by atoms with van der Waals surface area (Å²) in [6, 6.07) is 3.89. The molecule has 0 aliphatic heterocycles. The highest BCUT2D eigenvalue weighted by Gasteiger charge is 2.16. The fourth-order valence-electron chi connectivity index (χ4n) is 2.52. The molecule has 0 fully saturated rings. The van der Waals surface area contributed by atoms with Gasteiger partial charge in [0.2, 0.25) is 0 Å². The normalized spacial score (nSPS) is 19.0. The van der Waals surface area contributed by atoms with Crippen LogP contribution in [0.3, 0.4) is 0 Å². The highest BCUT2D eigenvalue weighted by Crippen LogP contribution is 2.25. The molecular formula is C16H22N4O4. The van der Waals surface area contributed by atoms with Gasteiger partial charge < -0.3 is 10.4 Å². The lowest BCUT2D eigenvalue weighted by molar-refractivity contribution is -0.996. The number of nitrogens with one attached hydrogen (secondary N) is 3. The molecule has 0 saturated heterocycles. The Labute approximate surface area is 140 Å². The summed E-state index contributed by atoms with van der Waals surface area (Å²) in [4.78, 5) is 0. The molecule has 0 amide bonds. The maximum absolute atomic E-state index is 11.4. The predicted molar refractivity (Wildman–Crippen MR) is 90.4 cm³/mol. The van der Waals surface area contributed by atoms with E-state index >= 15 is 0 Å². The van der Waals surface area contributed by atoms with Crippen LogP contribution in [0, 0.1) is 10.4 Å². The molecular weight excluding hydrogens is 312 g/mol. The summed E-state index contributed by atoms with van der Waals surface area (Å²) in [5.74, 6) is 0. The molecule has 1 aromatic carbocycles. The number of allylic oxidation sites excluding steroid dienone is 4. The van der Waals surface area contributed by atoms with Gasteiger partial charge in [-0.1, -0.05) is 11.1 Å². The van der Waals surface area contributed by atoms with Gasteiger partial charge in [0.05, 0.1) is 11.8 Å². The number of hydrogen-bond donors (Lipinski definition) is 5. The number of rotatable bonds is 4. The Morgan fingerprint density at radius 3 is 2.46 bits per heavy atom. The monoisotopic (exact) mass is 334 g/mol. The second kappa shape index (κ2) is 7.67. The molecule has 0 spiro atoms. The van der Waals surface area contributed by atoms with Crippen LogP contribution in [-0.2, 0) is 0 Å². The third-order valence-electron chi connectivity index (χ3n) is 3.86. The minimum atomic E-state index is -1.21. The SMILES string of the molecule is CC1=CC(=NNc2ccc([NH+]([O-])O)cc2[NH+]([O-])O)C(=C(C)C)CC1. The van der Waals surface area contributed by atoms with E-state index in [0.717, 1.165) is 30.2 Å². The maximum Gasteiger partial charge on any atom is 0.195 e. The van der Waals surface area contributed by atoms with Gasteiger partial charge in [-0.05, 0) is 51.3 Å². The number of benzene rings is 1. The average molecular weight is 334 g/mol. The van der Waals surface area contributed by atoms with E-state index in [-0.39, 0.29) is 17.1 Å². The van der Waals surface area contributed by atoms with Crippen molar-refractivity contribution >= 4 is 22.8 Å². The lowest BCUT2D eigenvalue weighted by atomic mass is 9.91. The van der Waals surface area contributed by atoms with E-state index in [1.165, 1.54) is 23.3 Å². The van der Waals surface area contributed by atoms with Crippen LogP contribution < -0.4 is 15.9 Å². The number of hydrazone groups is 1. The zero-order chi connectivity index (χ0) is 17.9. The van der Waals surface area contributed by atoms with Crippen molar-refractivity contribution in [1.82, 2.24) is 0 Å². The van der Waals surface area contributed by atoms with Crippen molar-refractivity contribution in [3.8, 4) is 0 Å². The van der Waals surface area contributed by atoms with Crippen LogP contribution in [-0.4, -0.2) is 16.1 Å². The average Bonchev–Trinajstić information content (AvgIpc) is 2.52. The van der Waals surface area contributed by atoms with Crippen molar-refractivity contribution < 1.29 is 20.9 Å². The minimum Gasteiger partial charge on any atom is -0.595 e. The Kier molecular flexibility index (Phi) is 5.84. The van der Waals surface area contributed by atoms with Gasteiger partial charge in [-0.2, -0.15) is 15.6 Å². The summed E-state index contributed by atoms with van der Waals surface area (Å²) in [6.45, 7) is 6.06. The van der Waals surface area contributed by atoms with Crippen LogP contribution in [0.15, 0.2) is 46.1 Å². The smallest absolute Gasteiger partial charge is 0.195 e. The molecule has 5 N–H and O–H groups in total. The van der Waals surface area contributed by atoms with Gasteiger partial charge in [0, 0.05) is 6.07 Å². The fourth-order valence-corrected chi connectivity index (χ4v) is 2.52. The van der Waals surface area contributed by atoms with E-state index in [9.17, 15) is 15.6 Å². The molecule has 8 nitrogen and oxygen atoms in total. The van der Waals surface area contributed by atoms with Gasteiger partial charge in [-0.3, -0.25) is 5.43 Å². The molecule has 2 unspecified atom stereocenters. The van der Waals surface area contributed by atoms with Crippen LogP contribution >= 0.6 is 0 Å². The molecule has 2 rings (SSSR count). The molecule has 8 heteroatoms. The van der Waals surface area contributed by atoms with Crippen molar-refractivity contribution in [2.24, 2.45) is 5.10 Å². The van der Waals surface area contributed by atoms with Gasteiger partial charge >= 0.3 is 0 Å². The van der Waals surface area contributed by atoms with E-state index in [2.05, 4.69) is 10.5 Å². The predicted octanol–water partition coefficient (Wildman–Crippen LogP) is 1.34. The highest BCUT2D eigenvalue weighted by molar-refractivity contribution is 6.10. The number of anilines is 1. The molecule has 0 bridgehead atoms. The number of nitrogens with zero attached hydrogens (tertiary/aromatic N) is 1. The van der Waals surface area contributed by atoms with E-state index in [1.807, 2.05) is 26.8 Å². The first-order valence-corrected chi connectivity index (χ1v) is 7.58. The molecule has 0 radical (unpaired) electrons. The van der Waals surface area contributed by atoms with Crippen molar-refractivity contribution in [2.75, 3.05) is 5.43 Å². The Balaban J connectivity index is 2.36. The number of quaternary nitrogens is 2. The first kappa shape index (κ1) is 18.3. The molecule has 0 saturated carbocycles. The minimum absolute atomic E-state index is 0.0796. The van der Waals surface area contributed by atoms with E-state index < -0.39 is 10.5 Å². The van der Waals surface area contributed by atoms with Gasteiger partial charge in [-0.15, -0.1) is 0 Å². The Morgan fingerprint density at radius 2 is 1.88 bits per heavy atom. The van der Waals surface area contributed by atoms with Gasteiger partial charge in [0.15, 0.2) is 11.4 Å². The van der Waals surface area contributed by atoms with Crippen molar-refractivity contribution in [2.45, 2.75) is 33.6 Å². The van der Waals surface area contributed by atoms with E-state index in [1.54, 1.807) is 0 Å². The van der Waals surface area contributed by atoms with Crippen LogP contribution in [0.1, 0.15) is 33.6 Å². The summed E-state index contributed by atoms with van der Waals surface area (Å²) in [5.41, 5.74) is 7.10. The molecule has 0 aromatic heterocycles. The molecule has 1 aromatic rings. The Bertz CT molecular complexity index is 704. The van der Waals surface area contributed by atoms with Crippen molar-refractivity contribution in [3.63, 3.8) is 0 Å². The Hall–Kier alpha value is -2.07. The molecule has 1 aliphatic rings. The highest BCUT2D eigenvalue weighted by atomic mass is 16.8. The molecule has 2 atom stereocenters. The van der Waals surface area contributed by atoms with E-state index in [0.29, 0.717) is 0 Å². The number of hydrogen-bond acceptors (Lipinski definition) is 6. The third-order valence-corrected chi connectivity index (χ3v) is 3.86. The van der Waals surface area contributed by atoms with Crippen LogP contribution in [0.5, 0.6) is 0 Å². The first-order chi connectivity index (χ1) is 11.3.